The van der Waals surface area contributed by atoms with Crippen LogP contribution in [0.25, 0.3) is 0 Å². The van der Waals surface area contributed by atoms with Crippen molar-refractivity contribution in [1.82, 2.24) is 0 Å². The predicted molar refractivity (Wildman–Crippen MR) is 91.9 cm³/mol. The summed E-state index contributed by atoms with van der Waals surface area (Å²) in [4.78, 5) is 22.5. The van der Waals surface area contributed by atoms with Crippen molar-refractivity contribution in [2.75, 3.05) is 12.9 Å². The molecule has 0 bridgehead atoms. The molecule has 5 heteroatoms. The topological polar surface area (TPSA) is 63.6 Å². The first-order valence-electron chi connectivity index (χ1n) is 8.10. The van der Waals surface area contributed by atoms with Crippen LogP contribution < -0.4 is 0 Å². The minimum Gasteiger partial charge on any atom is -0.481 e. The second-order valence-corrected chi connectivity index (χ2v) is 7.19. The molecule has 0 spiro atoms. The molecule has 0 radical (unpaired) electrons. The zero-order valence-corrected chi connectivity index (χ0v) is 14.3. The Morgan fingerprint density at radius 2 is 1.87 bits per heavy atom. The molecule has 2 rings (SSSR count). The molecule has 0 amide bonds. The number of carbonyl (C=O) groups excluding carboxylic acids is 1. The van der Waals surface area contributed by atoms with Gasteiger partial charge in [0.2, 0.25) is 0 Å². The normalized spacial score (nSPS) is 16.7. The van der Waals surface area contributed by atoms with Gasteiger partial charge in [0.05, 0.1) is 12.9 Å². The lowest BCUT2D eigenvalue weighted by atomic mass is 9.84. The molecule has 1 aromatic carbocycles. The van der Waals surface area contributed by atoms with Crippen LogP contribution >= 0.6 is 11.8 Å². The van der Waals surface area contributed by atoms with Gasteiger partial charge in [0.15, 0.2) is 0 Å². The van der Waals surface area contributed by atoms with Gasteiger partial charge in [-0.1, -0.05) is 43.5 Å². The summed E-state index contributed by atoms with van der Waals surface area (Å²) in [6.45, 7) is 0. The number of carboxylic acid groups (broad SMARTS) is 1. The van der Waals surface area contributed by atoms with E-state index in [-0.39, 0.29) is 11.7 Å². The number of carbonyl (C=O) groups is 2. The largest absolute Gasteiger partial charge is 0.481 e. The van der Waals surface area contributed by atoms with Crippen molar-refractivity contribution < 1.29 is 19.4 Å². The van der Waals surface area contributed by atoms with Crippen LogP contribution in [0.1, 0.15) is 49.1 Å². The Kier molecular flexibility index (Phi) is 6.96. The van der Waals surface area contributed by atoms with E-state index in [1.54, 1.807) is 0 Å². The van der Waals surface area contributed by atoms with E-state index in [0.717, 1.165) is 17.3 Å². The average Bonchev–Trinajstić information content (AvgIpc) is 2.59. The minimum absolute atomic E-state index is 0.0973. The molecule has 0 saturated heterocycles. The third-order valence-corrected chi connectivity index (χ3v) is 5.52. The summed E-state index contributed by atoms with van der Waals surface area (Å²) in [6, 6.07) is 8.42. The van der Waals surface area contributed by atoms with Crippen LogP contribution in [0.3, 0.4) is 0 Å². The number of rotatable bonds is 7. The summed E-state index contributed by atoms with van der Waals surface area (Å²) in [5, 5.41) is 8.32. The Bertz CT molecular complexity index is 520. The zero-order chi connectivity index (χ0) is 16.7. The molecular formula is C18H24O4S. The Balaban J connectivity index is 1.98. The fraction of sp³-hybridized carbons (Fsp3) is 0.556. The number of esters is 1. The van der Waals surface area contributed by atoms with Crippen molar-refractivity contribution in [3.05, 3.63) is 35.4 Å². The number of hydrogen-bond donors (Lipinski definition) is 1. The van der Waals surface area contributed by atoms with Gasteiger partial charge in [-0.25, -0.2) is 0 Å². The van der Waals surface area contributed by atoms with Crippen LogP contribution in [-0.4, -0.2) is 35.2 Å². The van der Waals surface area contributed by atoms with Crippen LogP contribution in [-0.2, 0) is 20.7 Å². The van der Waals surface area contributed by atoms with Crippen molar-refractivity contribution in [3.8, 4) is 0 Å². The van der Waals surface area contributed by atoms with E-state index in [1.165, 1.54) is 44.8 Å². The molecule has 1 N–H and O–H groups in total. The number of aliphatic carboxylic acids is 1. The number of hydrogen-bond acceptors (Lipinski definition) is 4. The third-order valence-electron chi connectivity index (χ3n) is 4.35. The van der Waals surface area contributed by atoms with E-state index >= 15 is 0 Å². The standard InChI is InChI=1S/C18H24O4S/c1-22-18(21)16(23-12-17(19)20)11-13-7-9-15(10-8-13)14-5-3-2-4-6-14/h7-10,14,16H,2-6,11-12H2,1H3,(H,19,20). The molecule has 0 aromatic heterocycles. The Morgan fingerprint density at radius 1 is 1.22 bits per heavy atom. The first-order chi connectivity index (χ1) is 11.1. The fourth-order valence-corrected chi connectivity index (χ4v) is 3.98. The van der Waals surface area contributed by atoms with E-state index in [9.17, 15) is 9.59 Å². The summed E-state index contributed by atoms with van der Waals surface area (Å²) >= 11 is 1.12. The second kappa shape index (κ2) is 8.96. The molecule has 1 aromatic rings. The lowest BCUT2D eigenvalue weighted by molar-refractivity contribution is -0.139. The van der Waals surface area contributed by atoms with Gasteiger partial charge in [0.25, 0.3) is 0 Å². The van der Waals surface area contributed by atoms with Crippen LogP contribution in [0.2, 0.25) is 0 Å². The molecular weight excluding hydrogens is 312 g/mol. The molecule has 4 nitrogen and oxygen atoms in total. The quantitative estimate of drug-likeness (QED) is 0.770. The highest BCUT2D eigenvalue weighted by Crippen LogP contribution is 2.32. The summed E-state index contributed by atoms with van der Waals surface area (Å²) < 4.78 is 4.78. The maximum Gasteiger partial charge on any atom is 0.319 e. The predicted octanol–water partition coefficient (Wildman–Crippen LogP) is 3.64. The molecule has 126 valence electrons. The molecule has 0 heterocycles. The van der Waals surface area contributed by atoms with E-state index in [4.69, 9.17) is 9.84 Å². The van der Waals surface area contributed by atoms with Crippen LogP contribution in [0.4, 0.5) is 0 Å². The van der Waals surface area contributed by atoms with Gasteiger partial charge in [-0.15, -0.1) is 11.8 Å². The molecule has 1 fully saturated rings. The number of carboxylic acids is 1. The first-order valence-corrected chi connectivity index (χ1v) is 9.15. The smallest absolute Gasteiger partial charge is 0.319 e. The monoisotopic (exact) mass is 336 g/mol. The van der Waals surface area contributed by atoms with Gasteiger partial charge in [0.1, 0.15) is 5.25 Å². The van der Waals surface area contributed by atoms with Crippen molar-refractivity contribution in [3.63, 3.8) is 0 Å². The third kappa shape index (κ3) is 5.57. The summed E-state index contributed by atoms with van der Waals surface area (Å²) in [7, 11) is 1.34. The molecule has 0 aliphatic heterocycles. The van der Waals surface area contributed by atoms with E-state index in [0.29, 0.717) is 12.3 Å². The minimum atomic E-state index is -0.920. The van der Waals surface area contributed by atoms with Crippen molar-refractivity contribution in [2.45, 2.75) is 49.7 Å². The van der Waals surface area contributed by atoms with Gasteiger partial charge >= 0.3 is 11.9 Å². The van der Waals surface area contributed by atoms with Crippen LogP contribution in [0.15, 0.2) is 24.3 Å². The van der Waals surface area contributed by atoms with E-state index < -0.39 is 11.2 Å². The first kappa shape index (κ1) is 17.9. The Labute approximate surface area is 141 Å². The molecule has 1 atom stereocenters. The van der Waals surface area contributed by atoms with Crippen molar-refractivity contribution in [1.29, 1.82) is 0 Å². The fourth-order valence-electron chi connectivity index (χ4n) is 3.09. The van der Waals surface area contributed by atoms with Gasteiger partial charge < -0.3 is 9.84 Å². The number of ether oxygens (including phenoxy) is 1. The molecule has 1 saturated carbocycles. The maximum absolute atomic E-state index is 11.8. The highest BCUT2D eigenvalue weighted by Gasteiger charge is 2.22. The van der Waals surface area contributed by atoms with Gasteiger partial charge in [-0.3, -0.25) is 9.59 Å². The molecule has 1 aliphatic carbocycles. The second-order valence-electron chi connectivity index (χ2n) is 6.00. The zero-order valence-electron chi connectivity index (χ0n) is 13.5. The van der Waals surface area contributed by atoms with Gasteiger partial charge in [-0.2, -0.15) is 0 Å². The van der Waals surface area contributed by atoms with Crippen molar-refractivity contribution >= 4 is 23.7 Å². The SMILES string of the molecule is COC(=O)C(Cc1ccc(C2CCCCC2)cc1)SCC(=O)O. The average molecular weight is 336 g/mol. The Morgan fingerprint density at radius 3 is 2.43 bits per heavy atom. The molecule has 1 unspecified atom stereocenters. The maximum atomic E-state index is 11.8. The van der Waals surface area contributed by atoms with E-state index in [2.05, 4.69) is 24.3 Å². The summed E-state index contributed by atoms with van der Waals surface area (Å²) in [6.07, 6.45) is 6.98. The van der Waals surface area contributed by atoms with Crippen molar-refractivity contribution in [2.24, 2.45) is 0 Å². The lowest BCUT2D eigenvalue weighted by Gasteiger charge is -2.22. The summed E-state index contributed by atoms with van der Waals surface area (Å²) in [5.74, 6) is -0.723. The summed E-state index contributed by atoms with van der Waals surface area (Å²) in [5.41, 5.74) is 2.42. The lowest BCUT2D eigenvalue weighted by Crippen LogP contribution is -2.23. The molecule has 23 heavy (non-hydrogen) atoms. The van der Waals surface area contributed by atoms with Gasteiger partial charge in [-0.05, 0) is 36.3 Å². The van der Waals surface area contributed by atoms with Crippen LogP contribution in [0.5, 0.6) is 0 Å². The van der Waals surface area contributed by atoms with Gasteiger partial charge in [0, 0.05) is 0 Å². The number of benzene rings is 1. The Hall–Kier alpha value is -1.49. The highest BCUT2D eigenvalue weighted by atomic mass is 32.2. The van der Waals surface area contributed by atoms with E-state index in [1.807, 2.05) is 0 Å². The number of thioether (sulfide) groups is 1. The number of methoxy groups -OCH3 is 1. The highest BCUT2D eigenvalue weighted by molar-refractivity contribution is 8.01. The molecule has 1 aliphatic rings. The van der Waals surface area contributed by atoms with Crippen LogP contribution in [0, 0.1) is 0 Å².